The van der Waals surface area contributed by atoms with Crippen LogP contribution in [0.15, 0.2) is 18.2 Å². The number of nitrogens with zero attached hydrogens (tertiary/aromatic N) is 2. The maximum atomic E-state index is 8.54. The van der Waals surface area contributed by atoms with Gasteiger partial charge in [0.15, 0.2) is 0 Å². The average Bonchev–Trinajstić information content (AvgIpc) is 2.49. The Balaban J connectivity index is 2.60. The van der Waals surface area contributed by atoms with Crippen LogP contribution in [0.1, 0.15) is 11.3 Å². The van der Waals surface area contributed by atoms with Gasteiger partial charge in [0.1, 0.15) is 0 Å². The zero-order valence-corrected chi connectivity index (χ0v) is 7.33. The fourth-order valence-corrected chi connectivity index (χ4v) is 1.39. The first kappa shape index (κ1) is 7.81. The largest absolute Gasteiger partial charge is 0.282 e. The highest BCUT2D eigenvalue weighted by Crippen LogP contribution is 2.16. The third-order valence-corrected chi connectivity index (χ3v) is 2.09. The SMILES string of the molecule is Cc1[nH]nc2ccc(CC#N)cc12. The fourth-order valence-electron chi connectivity index (χ4n) is 1.39. The van der Waals surface area contributed by atoms with Crippen molar-refractivity contribution in [1.29, 1.82) is 5.26 Å². The van der Waals surface area contributed by atoms with Crippen LogP contribution in [0.25, 0.3) is 10.9 Å². The van der Waals surface area contributed by atoms with E-state index in [1.54, 1.807) is 0 Å². The summed E-state index contributed by atoms with van der Waals surface area (Å²) in [5.41, 5.74) is 3.05. The molecule has 2 rings (SSSR count). The van der Waals surface area contributed by atoms with Crippen molar-refractivity contribution in [2.75, 3.05) is 0 Å². The van der Waals surface area contributed by atoms with Gasteiger partial charge in [0.25, 0.3) is 0 Å². The molecule has 2 aromatic rings. The van der Waals surface area contributed by atoms with Gasteiger partial charge in [-0.05, 0) is 24.6 Å². The van der Waals surface area contributed by atoms with Crippen molar-refractivity contribution in [3.05, 3.63) is 29.5 Å². The lowest BCUT2D eigenvalue weighted by Gasteiger charge is -1.94. The van der Waals surface area contributed by atoms with E-state index in [2.05, 4.69) is 16.3 Å². The van der Waals surface area contributed by atoms with E-state index in [4.69, 9.17) is 5.26 Å². The summed E-state index contributed by atoms with van der Waals surface area (Å²) in [6, 6.07) is 8.01. The minimum absolute atomic E-state index is 0.459. The summed E-state index contributed by atoms with van der Waals surface area (Å²) in [6.07, 6.45) is 0.459. The molecule has 0 amide bonds. The third kappa shape index (κ3) is 1.27. The molecule has 0 bridgehead atoms. The lowest BCUT2D eigenvalue weighted by atomic mass is 10.1. The maximum absolute atomic E-state index is 8.54. The second kappa shape index (κ2) is 2.91. The molecule has 3 heteroatoms. The maximum Gasteiger partial charge on any atom is 0.0923 e. The van der Waals surface area contributed by atoms with Crippen molar-refractivity contribution in [1.82, 2.24) is 10.2 Å². The Morgan fingerprint density at radius 2 is 2.38 bits per heavy atom. The normalized spacial score (nSPS) is 10.2. The molecule has 0 unspecified atom stereocenters. The van der Waals surface area contributed by atoms with Gasteiger partial charge in [0, 0.05) is 11.1 Å². The third-order valence-electron chi connectivity index (χ3n) is 2.09. The topological polar surface area (TPSA) is 52.5 Å². The fraction of sp³-hybridized carbons (Fsp3) is 0.200. The minimum Gasteiger partial charge on any atom is -0.282 e. The van der Waals surface area contributed by atoms with Crippen molar-refractivity contribution in [2.24, 2.45) is 0 Å². The molecule has 0 spiro atoms. The molecule has 0 atom stereocenters. The van der Waals surface area contributed by atoms with Crippen LogP contribution in [-0.4, -0.2) is 10.2 Å². The minimum atomic E-state index is 0.459. The van der Waals surface area contributed by atoms with Crippen LogP contribution in [0.4, 0.5) is 0 Å². The van der Waals surface area contributed by atoms with Gasteiger partial charge in [0.05, 0.1) is 18.0 Å². The molecular weight excluding hydrogens is 162 g/mol. The van der Waals surface area contributed by atoms with E-state index in [-0.39, 0.29) is 0 Å². The number of aromatic amines is 1. The predicted molar refractivity (Wildman–Crippen MR) is 50.1 cm³/mol. The van der Waals surface area contributed by atoms with Crippen molar-refractivity contribution < 1.29 is 0 Å². The molecule has 0 saturated heterocycles. The van der Waals surface area contributed by atoms with Gasteiger partial charge in [-0.25, -0.2) is 0 Å². The molecule has 0 radical (unpaired) electrons. The highest BCUT2D eigenvalue weighted by atomic mass is 15.1. The summed E-state index contributed by atoms with van der Waals surface area (Å²) in [5.74, 6) is 0. The second-order valence-corrected chi connectivity index (χ2v) is 3.03. The van der Waals surface area contributed by atoms with Crippen LogP contribution >= 0.6 is 0 Å². The average molecular weight is 171 g/mol. The van der Waals surface area contributed by atoms with E-state index in [9.17, 15) is 0 Å². The molecule has 0 aliphatic rings. The Labute approximate surface area is 76.0 Å². The highest BCUT2D eigenvalue weighted by molar-refractivity contribution is 5.81. The Kier molecular flexibility index (Phi) is 1.75. The highest BCUT2D eigenvalue weighted by Gasteiger charge is 2.01. The van der Waals surface area contributed by atoms with E-state index in [0.717, 1.165) is 22.2 Å². The van der Waals surface area contributed by atoms with Crippen LogP contribution in [0.2, 0.25) is 0 Å². The van der Waals surface area contributed by atoms with Crippen molar-refractivity contribution in [3.63, 3.8) is 0 Å². The van der Waals surface area contributed by atoms with E-state index in [0.29, 0.717) is 6.42 Å². The molecule has 0 aliphatic heterocycles. The molecule has 1 aromatic heterocycles. The molecule has 1 N–H and O–H groups in total. The molecule has 3 nitrogen and oxygen atoms in total. The number of H-pyrrole nitrogens is 1. The van der Waals surface area contributed by atoms with E-state index in [1.165, 1.54) is 0 Å². The number of aromatic nitrogens is 2. The second-order valence-electron chi connectivity index (χ2n) is 3.03. The summed E-state index contributed by atoms with van der Waals surface area (Å²) in [7, 11) is 0. The van der Waals surface area contributed by atoms with Gasteiger partial charge >= 0.3 is 0 Å². The first-order valence-electron chi connectivity index (χ1n) is 4.12. The summed E-state index contributed by atoms with van der Waals surface area (Å²) in [5, 5.41) is 16.7. The van der Waals surface area contributed by atoms with Crippen molar-refractivity contribution >= 4 is 10.9 Å². The molecule has 13 heavy (non-hydrogen) atoms. The first-order chi connectivity index (χ1) is 6.31. The van der Waals surface area contributed by atoms with Crippen LogP contribution in [0.3, 0.4) is 0 Å². The standard InChI is InChI=1S/C10H9N3/c1-7-9-6-8(4-5-11)2-3-10(9)13-12-7/h2-3,6H,4H2,1H3,(H,12,13). The number of aryl methyl sites for hydroxylation is 1. The number of hydrogen-bond acceptors (Lipinski definition) is 2. The van der Waals surface area contributed by atoms with Gasteiger partial charge in [-0.3, -0.25) is 5.10 Å². The lowest BCUT2D eigenvalue weighted by Crippen LogP contribution is -1.80. The summed E-state index contributed by atoms with van der Waals surface area (Å²) in [6.45, 7) is 1.98. The summed E-state index contributed by atoms with van der Waals surface area (Å²) >= 11 is 0. The van der Waals surface area contributed by atoms with E-state index >= 15 is 0 Å². The van der Waals surface area contributed by atoms with Crippen LogP contribution in [0, 0.1) is 18.3 Å². The Morgan fingerprint density at radius 3 is 3.15 bits per heavy atom. The van der Waals surface area contributed by atoms with Crippen LogP contribution in [0.5, 0.6) is 0 Å². The number of benzene rings is 1. The predicted octanol–water partition coefficient (Wildman–Crippen LogP) is 1.94. The monoisotopic (exact) mass is 171 g/mol. The van der Waals surface area contributed by atoms with Gasteiger partial charge in [-0.1, -0.05) is 6.07 Å². The van der Waals surface area contributed by atoms with Gasteiger partial charge in [-0.2, -0.15) is 10.4 Å². The quantitative estimate of drug-likeness (QED) is 0.712. The van der Waals surface area contributed by atoms with Crippen LogP contribution in [-0.2, 0) is 6.42 Å². The molecule has 1 aromatic carbocycles. The molecule has 0 saturated carbocycles. The number of hydrogen-bond donors (Lipinski definition) is 1. The van der Waals surface area contributed by atoms with E-state index in [1.807, 2.05) is 25.1 Å². The van der Waals surface area contributed by atoms with Gasteiger partial charge in [0.2, 0.25) is 0 Å². The number of nitrogens with one attached hydrogen (secondary N) is 1. The van der Waals surface area contributed by atoms with Crippen LogP contribution < -0.4 is 0 Å². The van der Waals surface area contributed by atoms with Gasteiger partial charge in [-0.15, -0.1) is 0 Å². The van der Waals surface area contributed by atoms with Gasteiger partial charge < -0.3 is 0 Å². The molecule has 0 fully saturated rings. The zero-order valence-electron chi connectivity index (χ0n) is 7.33. The van der Waals surface area contributed by atoms with E-state index < -0.39 is 0 Å². The van der Waals surface area contributed by atoms with Crippen molar-refractivity contribution in [3.8, 4) is 6.07 Å². The van der Waals surface area contributed by atoms with Crippen molar-refractivity contribution in [2.45, 2.75) is 13.3 Å². The molecule has 64 valence electrons. The number of fused-ring (bicyclic) bond motifs is 1. The molecule has 1 heterocycles. The molecular formula is C10H9N3. The Morgan fingerprint density at radius 1 is 1.54 bits per heavy atom. The Hall–Kier alpha value is -1.82. The number of nitriles is 1. The summed E-state index contributed by atoms with van der Waals surface area (Å²) in [4.78, 5) is 0. The Bertz CT molecular complexity index is 476. The lowest BCUT2D eigenvalue weighted by molar-refractivity contribution is 1.07. The molecule has 0 aliphatic carbocycles. The summed E-state index contributed by atoms with van der Waals surface area (Å²) < 4.78 is 0. The smallest absolute Gasteiger partial charge is 0.0923 e. The first-order valence-corrected chi connectivity index (χ1v) is 4.12. The zero-order chi connectivity index (χ0) is 9.26. The number of rotatable bonds is 1.